The van der Waals surface area contributed by atoms with Crippen LogP contribution in [-0.2, 0) is 4.79 Å². The van der Waals surface area contributed by atoms with Crippen LogP contribution in [0.1, 0.15) is 45.0 Å². The number of hydrogen-bond acceptors (Lipinski definition) is 2. The van der Waals surface area contributed by atoms with E-state index >= 15 is 0 Å². The first-order valence-corrected chi connectivity index (χ1v) is 6.71. The largest absolute Gasteiger partial charge is 0.352 e. The molecule has 0 saturated heterocycles. The summed E-state index contributed by atoms with van der Waals surface area (Å²) in [6.07, 6.45) is 1.94. The average Bonchev–Trinajstić information content (AvgIpc) is 2.67. The van der Waals surface area contributed by atoms with Crippen LogP contribution < -0.4 is 10.7 Å². The molecule has 1 aromatic heterocycles. The lowest BCUT2D eigenvalue weighted by Crippen LogP contribution is -2.45. The summed E-state index contributed by atoms with van der Waals surface area (Å²) >= 11 is 0. The molecule has 0 aliphatic carbocycles. The lowest BCUT2D eigenvalue weighted by atomic mass is 10.1. The van der Waals surface area contributed by atoms with Gasteiger partial charge in [-0.3, -0.25) is 9.47 Å². The minimum Gasteiger partial charge on any atom is -0.352 e. The van der Waals surface area contributed by atoms with Gasteiger partial charge in [0, 0.05) is 17.4 Å². The Hall–Kier alpha value is -1.45. The van der Waals surface area contributed by atoms with Crippen molar-refractivity contribution in [3.8, 4) is 0 Å². The zero-order valence-corrected chi connectivity index (χ0v) is 12.1. The van der Waals surface area contributed by atoms with Gasteiger partial charge in [-0.1, -0.05) is 13.8 Å². The van der Waals surface area contributed by atoms with Gasteiger partial charge >= 0.3 is 0 Å². The van der Waals surface area contributed by atoms with Crippen LogP contribution in [0.25, 0.3) is 0 Å². The lowest BCUT2D eigenvalue weighted by molar-refractivity contribution is -0.122. The van der Waals surface area contributed by atoms with Gasteiger partial charge in [0.05, 0.1) is 0 Å². The van der Waals surface area contributed by atoms with Crippen LogP contribution in [0.2, 0.25) is 0 Å². The fraction of sp³-hybridized carbons (Fsp3) is 0.643. The third kappa shape index (κ3) is 3.52. The highest BCUT2D eigenvalue weighted by molar-refractivity contribution is 5.82. The molecule has 18 heavy (non-hydrogen) atoms. The number of rotatable bonds is 6. The van der Waals surface area contributed by atoms with E-state index in [9.17, 15) is 4.79 Å². The molecular weight excluding hydrogens is 226 g/mol. The molecule has 0 aromatic carbocycles. The molecule has 0 bridgehead atoms. The number of carbonyl (C=O) groups is 1. The first kappa shape index (κ1) is 14.6. The van der Waals surface area contributed by atoms with Gasteiger partial charge in [-0.25, -0.2) is 0 Å². The molecule has 1 amide bonds. The number of nitrogens with one attached hydrogen (secondary N) is 2. The summed E-state index contributed by atoms with van der Waals surface area (Å²) in [5.74, 6) is 0.0520. The van der Waals surface area contributed by atoms with Crippen molar-refractivity contribution in [3.05, 3.63) is 23.5 Å². The molecule has 0 fully saturated rings. The number of amides is 1. The van der Waals surface area contributed by atoms with Crippen molar-refractivity contribution in [1.82, 2.24) is 9.99 Å². The molecule has 0 aliphatic heterocycles. The maximum atomic E-state index is 12.0. The Morgan fingerprint density at radius 2 is 1.72 bits per heavy atom. The second-order valence-corrected chi connectivity index (χ2v) is 4.82. The highest BCUT2D eigenvalue weighted by atomic mass is 16.2. The molecular formula is C14H25N3O. The Bertz CT molecular complexity index is 374. The molecule has 4 nitrogen and oxygen atoms in total. The van der Waals surface area contributed by atoms with Crippen molar-refractivity contribution in [2.24, 2.45) is 0 Å². The van der Waals surface area contributed by atoms with Crippen LogP contribution in [0.5, 0.6) is 0 Å². The summed E-state index contributed by atoms with van der Waals surface area (Å²) < 4.78 is 1.96. The molecule has 4 heteroatoms. The van der Waals surface area contributed by atoms with E-state index in [2.05, 4.69) is 24.6 Å². The van der Waals surface area contributed by atoms with Crippen molar-refractivity contribution >= 4 is 5.91 Å². The maximum Gasteiger partial charge on any atom is 0.244 e. The second kappa shape index (κ2) is 6.47. The van der Waals surface area contributed by atoms with Gasteiger partial charge in [0.15, 0.2) is 0 Å². The molecule has 0 saturated carbocycles. The molecule has 1 heterocycles. The Morgan fingerprint density at radius 1 is 1.22 bits per heavy atom. The van der Waals surface area contributed by atoms with E-state index in [1.54, 1.807) is 0 Å². The normalized spacial score (nSPS) is 12.6. The van der Waals surface area contributed by atoms with Crippen molar-refractivity contribution in [3.63, 3.8) is 0 Å². The minimum absolute atomic E-state index is 0.0520. The number of carbonyl (C=O) groups excluding carboxylic acids is 1. The van der Waals surface area contributed by atoms with E-state index in [-0.39, 0.29) is 18.0 Å². The van der Waals surface area contributed by atoms with Crippen molar-refractivity contribution in [2.75, 3.05) is 5.43 Å². The zero-order chi connectivity index (χ0) is 13.7. The summed E-state index contributed by atoms with van der Waals surface area (Å²) in [7, 11) is 0. The average molecular weight is 251 g/mol. The second-order valence-electron chi connectivity index (χ2n) is 4.82. The van der Waals surface area contributed by atoms with E-state index in [1.807, 2.05) is 37.6 Å². The van der Waals surface area contributed by atoms with Gasteiger partial charge in [0.2, 0.25) is 5.91 Å². The quantitative estimate of drug-likeness (QED) is 0.815. The first-order chi connectivity index (χ1) is 8.49. The van der Waals surface area contributed by atoms with Crippen molar-refractivity contribution in [1.29, 1.82) is 0 Å². The van der Waals surface area contributed by atoms with Gasteiger partial charge in [0.25, 0.3) is 0 Å². The molecule has 1 unspecified atom stereocenters. The summed E-state index contributed by atoms with van der Waals surface area (Å²) in [6, 6.07) is 4.10. The third-order valence-electron chi connectivity index (χ3n) is 3.32. The molecule has 2 N–H and O–H groups in total. The van der Waals surface area contributed by atoms with Crippen LogP contribution in [0.4, 0.5) is 0 Å². The van der Waals surface area contributed by atoms with Crippen molar-refractivity contribution in [2.45, 2.75) is 59.5 Å². The SMILES string of the molecule is CCC(CC)NC(=O)C(C)Nn1c(C)ccc1C. The summed E-state index contributed by atoms with van der Waals surface area (Å²) in [5.41, 5.74) is 5.43. The van der Waals surface area contributed by atoms with Gasteiger partial charge in [0.1, 0.15) is 6.04 Å². The highest BCUT2D eigenvalue weighted by Crippen LogP contribution is 2.05. The van der Waals surface area contributed by atoms with Gasteiger partial charge < -0.3 is 10.7 Å². The van der Waals surface area contributed by atoms with Crippen molar-refractivity contribution < 1.29 is 4.79 Å². The molecule has 1 aromatic rings. The summed E-state index contributed by atoms with van der Waals surface area (Å²) in [6.45, 7) is 10.1. The third-order valence-corrected chi connectivity index (χ3v) is 3.32. The predicted molar refractivity (Wildman–Crippen MR) is 75.2 cm³/mol. The molecule has 1 atom stereocenters. The standard InChI is InChI=1S/C14H25N3O/c1-6-13(7-2)15-14(18)12(5)16-17-10(3)8-9-11(17)4/h8-9,12-13,16H,6-7H2,1-5H3,(H,15,18). The Morgan fingerprint density at radius 3 is 2.17 bits per heavy atom. The molecule has 0 aliphatic rings. The van der Waals surface area contributed by atoms with Crippen LogP contribution in [0.15, 0.2) is 12.1 Å². The molecule has 0 spiro atoms. The zero-order valence-electron chi connectivity index (χ0n) is 12.1. The fourth-order valence-corrected chi connectivity index (χ4v) is 1.94. The lowest BCUT2D eigenvalue weighted by Gasteiger charge is -2.22. The molecule has 102 valence electrons. The van der Waals surface area contributed by atoms with E-state index < -0.39 is 0 Å². The van der Waals surface area contributed by atoms with Crippen LogP contribution in [-0.4, -0.2) is 22.7 Å². The van der Waals surface area contributed by atoms with Gasteiger partial charge in [-0.2, -0.15) is 0 Å². The minimum atomic E-state index is -0.240. The number of aryl methyl sites for hydroxylation is 2. The van der Waals surface area contributed by atoms with Crippen LogP contribution in [0.3, 0.4) is 0 Å². The van der Waals surface area contributed by atoms with E-state index in [1.165, 1.54) is 0 Å². The predicted octanol–water partition coefficient (Wildman–Crippen LogP) is 2.34. The number of nitrogens with zero attached hydrogens (tertiary/aromatic N) is 1. The topological polar surface area (TPSA) is 46.1 Å². The molecule has 0 radical (unpaired) electrons. The maximum absolute atomic E-state index is 12.0. The summed E-state index contributed by atoms with van der Waals surface area (Å²) in [4.78, 5) is 12.0. The molecule has 1 rings (SSSR count). The highest BCUT2D eigenvalue weighted by Gasteiger charge is 2.16. The van der Waals surface area contributed by atoms with Crippen LogP contribution in [0, 0.1) is 13.8 Å². The van der Waals surface area contributed by atoms with E-state index in [0.717, 1.165) is 24.2 Å². The number of hydrogen-bond donors (Lipinski definition) is 2. The van der Waals surface area contributed by atoms with Gasteiger partial charge in [-0.15, -0.1) is 0 Å². The first-order valence-electron chi connectivity index (χ1n) is 6.71. The van der Waals surface area contributed by atoms with Crippen LogP contribution >= 0.6 is 0 Å². The van der Waals surface area contributed by atoms with E-state index in [0.29, 0.717) is 0 Å². The summed E-state index contributed by atoms with van der Waals surface area (Å²) in [5, 5.41) is 3.05. The van der Waals surface area contributed by atoms with Gasteiger partial charge in [-0.05, 0) is 45.7 Å². The Balaban J connectivity index is 2.60. The van der Waals surface area contributed by atoms with E-state index in [4.69, 9.17) is 0 Å². The Kier molecular flexibility index (Phi) is 5.25. The smallest absolute Gasteiger partial charge is 0.244 e. The number of aromatic nitrogens is 1. The fourth-order valence-electron chi connectivity index (χ4n) is 1.94. The monoisotopic (exact) mass is 251 g/mol. The Labute approximate surface area is 110 Å².